The highest BCUT2D eigenvalue weighted by atomic mass is 16.5. The fourth-order valence-electron chi connectivity index (χ4n) is 3.78. The van der Waals surface area contributed by atoms with Crippen molar-refractivity contribution in [2.75, 3.05) is 6.54 Å². The fourth-order valence-corrected chi connectivity index (χ4v) is 3.78. The van der Waals surface area contributed by atoms with Crippen LogP contribution in [0.3, 0.4) is 0 Å². The lowest BCUT2D eigenvalue weighted by molar-refractivity contribution is -0.127. The van der Waals surface area contributed by atoms with Crippen LogP contribution in [0.4, 0.5) is 0 Å². The number of fused-ring (bicyclic) bond motifs is 1. The molecule has 29 heavy (non-hydrogen) atoms. The minimum Gasteiger partial charge on any atom is -0.481 e. The van der Waals surface area contributed by atoms with Crippen molar-refractivity contribution >= 4 is 5.91 Å². The molecule has 1 aliphatic carbocycles. The van der Waals surface area contributed by atoms with Crippen molar-refractivity contribution in [1.82, 2.24) is 20.1 Å². The Morgan fingerprint density at radius 2 is 1.90 bits per heavy atom. The molecule has 2 aromatic heterocycles. The minimum absolute atomic E-state index is 0.121. The van der Waals surface area contributed by atoms with E-state index in [4.69, 9.17) is 9.84 Å². The number of hydrogen-bond acceptors (Lipinski definition) is 4. The first kappa shape index (κ1) is 19.2. The molecule has 1 N–H and O–H groups in total. The number of aromatic nitrogens is 3. The maximum absolute atomic E-state index is 12.4. The number of rotatable bonds is 7. The average molecular weight is 390 g/mol. The molecule has 0 bridgehead atoms. The Hall–Kier alpha value is -3.15. The number of pyridine rings is 1. The lowest BCUT2D eigenvalue weighted by atomic mass is 9.94. The molecule has 6 nitrogen and oxygen atoms in total. The number of carbonyl (C=O) groups is 1. The summed E-state index contributed by atoms with van der Waals surface area (Å²) < 4.78 is 7.75. The highest BCUT2D eigenvalue weighted by molar-refractivity contribution is 5.80. The van der Waals surface area contributed by atoms with E-state index in [1.165, 1.54) is 24.1 Å². The molecule has 0 saturated heterocycles. The van der Waals surface area contributed by atoms with Gasteiger partial charge in [0.25, 0.3) is 5.91 Å². The number of carbonyl (C=O) groups excluding carboxylic acids is 1. The average Bonchev–Trinajstić information content (AvgIpc) is 3.14. The number of ether oxygens (including phenoxy) is 1. The van der Waals surface area contributed by atoms with Crippen LogP contribution in [0.5, 0.6) is 5.75 Å². The van der Waals surface area contributed by atoms with Crippen molar-refractivity contribution in [3.8, 4) is 17.0 Å². The first-order chi connectivity index (χ1) is 14.2. The summed E-state index contributed by atoms with van der Waals surface area (Å²) in [6, 6.07) is 13.4. The molecule has 0 fully saturated rings. The minimum atomic E-state index is -0.545. The standard InChI is InChI=1S/C23H26N4O2/c1-17(29-19-7-3-2-4-8-19)23(28)25-15-16-27-21-10-6-5-9-20(21)22(26-27)18-11-13-24-14-12-18/h2-4,7-8,11-14,17H,5-6,9-10,15-16H2,1H3,(H,25,28)/t17-/m0/s1. The number of amides is 1. The van der Waals surface area contributed by atoms with Gasteiger partial charge in [-0.15, -0.1) is 0 Å². The van der Waals surface area contributed by atoms with Gasteiger partial charge in [0.15, 0.2) is 6.10 Å². The van der Waals surface area contributed by atoms with Crippen LogP contribution in [0.15, 0.2) is 54.9 Å². The van der Waals surface area contributed by atoms with Crippen molar-refractivity contribution < 1.29 is 9.53 Å². The number of nitrogens with zero attached hydrogens (tertiary/aromatic N) is 3. The predicted octanol–water partition coefficient (Wildman–Crippen LogP) is 3.41. The van der Waals surface area contributed by atoms with Gasteiger partial charge in [0, 0.05) is 35.8 Å². The van der Waals surface area contributed by atoms with Crippen LogP contribution < -0.4 is 10.1 Å². The van der Waals surface area contributed by atoms with Crippen molar-refractivity contribution in [2.24, 2.45) is 0 Å². The molecular weight excluding hydrogens is 364 g/mol. The number of para-hydroxylation sites is 1. The van der Waals surface area contributed by atoms with Crippen molar-refractivity contribution in [3.63, 3.8) is 0 Å². The summed E-state index contributed by atoms with van der Waals surface area (Å²) in [7, 11) is 0. The van der Waals surface area contributed by atoms with Crippen LogP contribution >= 0.6 is 0 Å². The second-order valence-electron chi connectivity index (χ2n) is 7.30. The summed E-state index contributed by atoms with van der Waals surface area (Å²) in [6.45, 7) is 2.93. The lowest BCUT2D eigenvalue weighted by Gasteiger charge is -2.16. The van der Waals surface area contributed by atoms with Crippen LogP contribution in [-0.4, -0.2) is 33.3 Å². The summed E-state index contributed by atoms with van der Waals surface area (Å²) in [4.78, 5) is 16.5. The van der Waals surface area contributed by atoms with Gasteiger partial charge in [-0.2, -0.15) is 5.10 Å². The third-order valence-corrected chi connectivity index (χ3v) is 5.26. The summed E-state index contributed by atoms with van der Waals surface area (Å²) >= 11 is 0. The van der Waals surface area contributed by atoms with E-state index in [1.54, 1.807) is 19.3 Å². The van der Waals surface area contributed by atoms with E-state index in [2.05, 4.69) is 15.0 Å². The van der Waals surface area contributed by atoms with Crippen LogP contribution in [0, 0.1) is 0 Å². The Morgan fingerprint density at radius 1 is 1.14 bits per heavy atom. The topological polar surface area (TPSA) is 69.0 Å². The van der Waals surface area contributed by atoms with Crippen LogP contribution in [-0.2, 0) is 24.2 Å². The van der Waals surface area contributed by atoms with Gasteiger partial charge < -0.3 is 10.1 Å². The highest BCUT2D eigenvalue weighted by Gasteiger charge is 2.22. The Bertz CT molecular complexity index is 954. The first-order valence-electron chi connectivity index (χ1n) is 10.2. The normalized spacial score (nSPS) is 14.1. The van der Waals surface area contributed by atoms with E-state index in [-0.39, 0.29) is 5.91 Å². The van der Waals surface area contributed by atoms with E-state index in [0.717, 1.165) is 24.1 Å². The second-order valence-corrected chi connectivity index (χ2v) is 7.30. The molecule has 1 aliphatic rings. The fraction of sp³-hybridized carbons (Fsp3) is 0.348. The van der Waals surface area contributed by atoms with E-state index >= 15 is 0 Å². The summed E-state index contributed by atoms with van der Waals surface area (Å²) in [5, 5.41) is 7.85. The number of hydrogen-bond donors (Lipinski definition) is 1. The van der Waals surface area contributed by atoms with Crippen molar-refractivity contribution in [1.29, 1.82) is 0 Å². The zero-order chi connectivity index (χ0) is 20.1. The molecule has 0 unspecified atom stereocenters. The Labute approximate surface area is 170 Å². The Kier molecular flexibility index (Phi) is 5.89. The van der Waals surface area contributed by atoms with Gasteiger partial charge >= 0.3 is 0 Å². The SMILES string of the molecule is C[C@H](Oc1ccccc1)C(=O)NCCn1nc(-c2ccncc2)c2c1CCCC2. The zero-order valence-corrected chi connectivity index (χ0v) is 16.7. The zero-order valence-electron chi connectivity index (χ0n) is 16.7. The molecule has 0 radical (unpaired) electrons. The number of nitrogens with one attached hydrogen (secondary N) is 1. The molecule has 150 valence electrons. The molecule has 6 heteroatoms. The maximum Gasteiger partial charge on any atom is 0.260 e. The van der Waals surface area contributed by atoms with Gasteiger partial charge in [-0.25, -0.2) is 0 Å². The smallest absolute Gasteiger partial charge is 0.260 e. The van der Waals surface area contributed by atoms with E-state index < -0.39 is 6.10 Å². The maximum atomic E-state index is 12.4. The molecule has 0 saturated carbocycles. The highest BCUT2D eigenvalue weighted by Crippen LogP contribution is 2.30. The first-order valence-corrected chi connectivity index (χ1v) is 10.2. The van der Waals surface area contributed by atoms with E-state index in [0.29, 0.717) is 18.8 Å². The van der Waals surface area contributed by atoms with E-state index in [1.807, 2.05) is 42.5 Å². The van der Waals surface area contributed by atoms with Gasteiger partial charge in [0.05, 0.1) is 12.2 Å². The third kappa shape index (κ3) is 4.47. The van der Waals surface area contributed by atoms with Gasteiger partial charge in [-0.1, -0.05) is 18.2 Å². The van der Waals surface area contributed by atoms with Crippen LogP contribution in [0.2, 0.25) is 0 Å². The summed E-state index contributed by atoms with van der Waals surface area (Å²) in [6.07, 6.45) is 7.53. The third-order valence-electron chi connectivity index (χ3n) is 5.26. The number of benzene rings is 1. The van der Waals surface area contributed by atoms with Gasteiger partial charge in [-0.05, 0) is 56.9 Å². The van der Waals surface area contributed by atoms with Gasteiger partial charge in [0.2, 0.25) is 0 Å². The molecule has 2 heterocycles. The van der Waals surface area contributed by atoms with E-state index in [9.17, 15) is 4.79 Å². The van der Waals surface area contributed by atoms with Crippen molar-refractivity contribution in [3.05, 3.63) is 66.1 Å². The summed E-state index contributed by atoms with van der Waals surface area (Å²) in [5.74, 6) is 0.572. The second kappa shape index (κ2) is 8.90. The largest absolute Gasteiger partial charge is 0.481 e. The van der Waals surface area contributed by atoms with Crippen LogP contribution in [0.1, 0.15) is 31.0 Å². The molecular formula is C23H26N4O2. The molecule has 3 aromatic rings. The molecule has 0 aliphatic heterocycles. The molecule has 4 rings (SSSR count). The summed E-state index contributed by atoms with van der Waals surface area (Å²) in [5.41, 5.74) is 4.79. The Morgan fingerprint density at radius 3 is 2.69 bits per heavy atom. The molecule has 1 aromatic carbocycles. The molecule has 0 spiro atoms. The lowest BCUT2D eigenvalue weighted by Crippen LogP contribution is -2.38. The quantitative estimate of drug-likeness (QED) is 0.671. The van der Waals surface area contributed by atoms with Crippen LogP contribution in [0.25, 0.3) is 11.3 Å². The van der Waals surface area contributed by atoms with Gasteiger partial charge in [-0.3, -0.25) is 14.5 Å². The monoisotopic (exact) mass is 390 g/mol. The molecule has 1 amide bonds. The predicted molar refractivity (Wildman–Crippen MR) is 112 cm³/mol. The van der Waals surface area contributed by atoms with Crippen molar-refractivity contribution in [2.45, 2.75) is 45.3 Å². The van der Waals surface area contributed by atoms with Gasteiger partial charge in [0.1, 0.15) is 5.75 Å². The Balaban J connectivity index is 1.40. The molecule has 1 atom stereocenters.